The van der Waals surface area contributed by atoms with Crippen LogP contribution in [0.4, 0.5) is 8.78 Å². The van der Waals surface area contributed by atoms with Gasteiger partial charge in [0.25, 0.3) is 0 Å². The van der Waals surface area contributed by atoms with Crippen molar-refractivity contribution in [2.75, 3.05) is 0 Å². The second kappa shape index (κ2) is 8.44. The molecule has 1 aliphatic heterocycles. The smallest absolute Gasteiger partial charge is 0.217 e. The highest BCUT2D eigenvalue weighted by Crippen LogP contribution is 2.33. The van der Waals surface area contributed by atoms with Crippen molar-refractivity contribution in [2.45, 2.75) is 76.1 Å². The Balaban J connectivity index is 1.48. The minimum atomic E-state index is -1.04. The second-order valence-electron chi connectivity index (χ2n) is 7.79. The molecule has 1 saturated heterocycles. The summed E-state index contributed by atoms with van der Waals surface area (Å²) in [5.41, 5.74) is 0.0268. The average molecular weight is 366 g/mol. The number of rotatable bonds is 5. The van der Waals surface area contributed by atoms with Crippen molar-refractivity contribution in [2.24, 2.45) is 5.92 Å². The van der Waals surface area contributed by atoms with Crippen LogP contribution in [0.2, 0.25) is 0 Å². The van der Waals surface area contributed by atoms with Crippen LogP contribution >= 0.6 is 0 Å². The molecule has 3 N–H and O–H groups in total. The van der Waals surface area contributed by atoms with Crippen LogP contribution < -0.4 is 10.6 Å². The quantitative estimate of drug-likeness (QED) is 0.750. The van der Waals surface area contributed by atoms with Gasteiger partial charge in [0, 0.05) is 30.6 Å². The number of amides is 1. The number of nitrogens with one attached hydrogen (secondary N) is 2. The molecule has 1 aliphatic carbocycles. The van der Waals surface area contributed by atoms with Crippen molar-refractivity contribution in [3.05, 3.63) is 35.4 Å². The lowest BCUT2D eigenvalue weighted by Gasteiger charge is -2.30. The molecule has 1 saturated carbocycles. The molecule has 2 fully saturated rings. The highest BCUT2D eigenvalue weighted by atomic mass is 19.2. The molecule has 1 aromatic rings. The minimum Gasteiger partial charge on any atom is -0.387 e. The number of hydrogen-bond acceptors (Lipinski definition) is 3. The maximum absolute atomic E-state index is 13.9. The fourth-order valence-electron chi connectivity index (χ4n) is 4.48. The molecule has 0 bridgehead atoms. The Labute approximate surface area is 153 Å². The summed E-state index contributed by atoms with van der Waals surface area (Å²) >= 11 is 0. The molecule has 26 heavy (non-hydrogen) atoms. The summed E-state index contributed by atoms with van der Waals surface area (Å²) in [7, 11) is 0. The van der Waals surface area contributed by atoms with Crippen molar-refractivity contribution in [3.63, 3.8) is 0 Å². The molecule has 3 rings (SSSR count). The van der Waals surface area contributed by atoms with Crippen molar-refractivity contribution < 1.29 is 18.7 Å². The summed E-state index contributed by atoms with van der Waals surface area (Å²) in [6, 6.07) is 4.29. The summed E-state index contributed by atoms with van der Waals surface area (Å²) in [6.07, 6.45) is 5.89. The Morgan fingerprint density at radius 2 is 1.96 bits per heavy atom. The minimum absolute atomic E-state index is 0.0268. The molecule has 1 amide bonds. The molecular formula is C20H28F2N2O2. The van der Waals surface area contributed by atoms with Gasteiger partial charge in [0.05, 0.1) is 6.10 Å². The van der Waals surface area contributed by atoms with Gasteiger partial charge >= 0.3 is 0 Å². The predicted octanol–water partition coefficient (Wildman–Crippen LogP) is 3.20. The Morgan fingerprint density at radius 1 is 1.23 bits per heavy atom. The van der Waals surface area contributed by atoms with Crippen molar-refractivity contribution >= 4 is 5.91 Å². The topological polar surface area (TPSA) is 61.4 Å². The fraction of sp³-hybridized carbons (Fsp3) is 0.650. The molecule has 0 spiro atoms. The van der Waals surface area contributed by atoms with Crippen LogP contribution in [-0.2, 0) is 4.79 Å². The zero-order valence-corrected chi connectivity index (χ0v) is 15.2. The maximum atomic E-state index is 13.9. The van der Waals surface area contributed by atoms with E-state index in [4.69, 9.17) is 0 Å². The van der Waals surface area contributed by atoms with E-state index in [0.29, 0.717) is 18.0 Å². The van der Waals surface area contributed by atoms with E-state index < -0.39 is 17.7 Å². The highest BCUT2D eigenvalue weighted by molar-refractivity contribution is 5.73. The highest BCUT2D eigenvalue weighted by Gasteiger charge is 2.33. The normalized spacial score (nSPS) is 30.2. The van der Waals surface area contributed by atoms with Crippen molar-refractivity contribution in [3.8, 4) is 0 Å². The Hall–Kier alpha value is -1.53. The molecule has 144 valence electrons. The SMILES string of the molecule is CC(=O)N[C@H]1CC[C@@H](C[C@@H]2CC[C@H]([C@H](O)c3cccc(F)c3F)N2)CC1. The average Bonchev–Trinajstić information content (AvgIpc) is 3.06. The number of carbonyl (C=O) groups is 1. The monoisotopic (exact) mass is 366 g/mol. The van der Waals surface area contributed by atoms with Gasteiger partial charge < -0.3 is 15.7 Å². The van der Waals surface area contributed by atoms with Gasteiger partial charge in [-0.25, -0.2) is 8.78 Å². The first-order chi connectivity index (χ1) is 12.4. The third-order valence-corrected chi connectivity index (χ3v) is 5.83. The van der Waals surface area contributed by atoms with E-state index in [9.17, 15) is 18.7 Å². The molecule has 0 unspecified atom stereocenters. The number of halogens is 2. The van der Waals surface area contributed by atoms with Gasteiger partial charge in [0.15, 0.2) is 11.6 Å². The summed E-state index contributed by atoms with van der Waals surface area (Å²) < 4.78 is 27.3. The van der Waals surface area contributed by atoms with Crippen molar-refractivity contribution in [1.82, 2.24) is 10.6 Å². The lowest BCUT2D eigenvalue weighted by Crippen LogP contribution is -2.38. The lowest BCUT2D eigenvalue weighted by molar-refractivity contribution is -0.119. The Kier molecular flexibility index (Phi) is 6.24. The molecule has 3 atom stereocenters. The van der Waals surface area contributed by atoms with E-state index in [1.54, 1.807) is 6.92 Å². The van der Waals surface area contributed by atoms with Crippen LogP contribution in [-0.4, -0.2) is 29.1 Å². The molecule has 1 heterocycles. The standard InChI is InChI=1S/C20H28F2N2O2/c1-12(25)23-14-7-5-13(6-8-14)11-15-9-10-18(24-15)20(26)16-3-2-4-17(21)19(16)22/h2-4,13-15,18,20,24,26H,5-11H2,1H3,(H,23,25)/t13-,14+,15-,18+,20+/m0/s1. The second-order valence-corrected chi connectivity index (χ2v) is 7.79. The number of benzene rings is 1. The van der Waals surface area contributed by atoms with E-state index in [-0.39, 0.29) is 17.5 Å². The number of carbonyl (C=O) groups excluding carboxylic acids is 1. The molecule has 6 heteroatoms. The van der Waals surface area contributed by atoms with Gasteiger partial charge in [-0.15, -0.1) is 0 Å². The summed E-state index contributed by atoms with van der Waals surface area (Å²) in [5, 5.41) is 16.9. The van der Waals surface area contributed by atoms with Gasteiger partial charge in [-0.2, -0.15) is 0 Å². The first-order valence-electron chi connectivity index (χ1n) is 9.59. The van der Waals surface area contributed by atoms with Crippen LogP contribution in [0.1, 0.15) is 63.5 Å². The molecule has 0 radical (unpaired) electrons. The van der Waals surface area contributed by atoms with Crippen LogP contribution in [0.5, 0.6) is 0 Å². The third kappa shape index (κ3) is 4.60. The summed E-state index contributed by atoms with van der Waals surface area (Å²) in [5.74, 6) is -1.24. The first kappa shape index (κ1) is 19.2. The molecule has 4 nitrogen and oxygen atoms in total. The van der Waals surface area contributed by atoms with E-state index in [1.165, 1.54) is 12.1 Å². The predicted molar refractivity (Wildman–Crippen MR) is 95.4 cm³/mol. The number of aliphatic hydroxyl groups excluding tert-OH is 1. The van der Waals surface area contributed by atoms with E-state index in [0.717, 1.165) is 51.0 Å². The Bertz CT molecular complexity index is 632. The van der Waals surface area contributed by atoms with Gasteiger partial charge in [-0.1, -0.05) is 12.1 Å². The Morgan fingerprint density at radius 3 is 2.65 bits per heavy atom. The van der Waals surface area contributed by atoms with Crippen LogP contribution in [0.25, 0.3) is 0 Å². The van der Waals surface area contributed by atoms with Crippen LogP contribution in [0.3, 0.4) is 0 Å². The van der Waals surface area contributed by atoms with Gasteiger partial charge in [0.2, 0.25) is 5.91 Å². The first-order valence-corrected chi connectivity index (χ1v) is 9.59. The molecular weight excluding hydrogens is 338 g/mol. The largest absolute Gasteiger partial charge is 0.387 e. The summed E-state index contributed by atoms with van der Waals surface area (Å²) in [6.45, 7) is 1.56. The third-order valence-electron chi connectivity index (χ3n) is 5.83. The molecule has 0 aromatic heterocycles. The van der Waals surface area contributed by atoms with Gasteiger partial charge in [0.1, 0.15) is 0 Å². The van der Waals surface area contributed by atoms with E-state index in [1.807, 2.05) is 0 Å². The fourth-order valence-corrected chi connectivity index (χ4v) is 4.48. The summed E-state index contributed by atoms with van der Waals surface area (Å²) in [4.78, 5) is 11.1. The number of hydrogen-bond donors (Lipinski definition) is 3. The zero-order valence-electron chi connectivity index (χ0n) is 15.2. The van der Waals surface area contributed by atoms with E-state index in [2.05, 4.69) is 10.6 Å². The lowest BCUT2D eigenvalue weighted by atomic mass is 9.82. The molecule has 1 aromatic carbocycles. The van der Waals surface area contributed by atoms with Gasteiger partial charge in [-0.05, 0) is 56.9 Å². The number of aliphatic hydroxyl groups is 1. The van der Waals surface area contributed by atoms with Crippen molar-refractivity contribution in [1.29, 1.82) is 0 Å². The van der Waals surface area contributed by atoms with Crippen LogP contribution in [0, 0.1) is 17.6 Å². The van der Waals surface area contributed by atoms with Crippen LogP contribution in [0.15, 0.2) is 18.2 Å². The maximum Gasteiger partial charge on any atom is 0.217 e. The molecule has 2 aliphatic rings. The van der Waals surface area contributed by atoms with Gasteiger partial charge in [-0.3, -0.25) is 4.79 Å². The van der Waals surface area contributed by atoms with E-state index >= 15 is 0 Å². The zero-order chi connectivity index (χ0) is 18.7.